The zero-order chi connectivity index (χ0) is 20.0. The van der Waals surface area contributed by atoms with Crippen LogP contribution in [0, 0.1) is 6.92 Å². The van der Waals surface area contributed by atoms with Crippen LogP contribution in [0.3, 0.4) is 0 Å². The summed E-state index contributed by atoms with van der Waals surface area (Å²) in [5.74, 6) is 0.466. The lowest BCUT2D eigenvalue weighted by molar-refractivity contribution is 0.0904. The van der Waals surface area contributed by atoms with Crippen molar-refractivity contribution in [3.05, 3.63) is 63.5 Å². The molecule has 0 aliphatic carbocycles. The number of hydrogen-bond acceptors (Lipinski definition) is 5. The van der Waals surface area contributed by atoms with Crippen molar-refractivity contribution in [2.24, 2.45) is 0 Å². The van der Waals surface area contributed by atoms with Crippen molar-refractivity contribution in [3.8, 4) is 5.69 Å². The van der Waals surface area contributed by atoms with E-state index in [2.05, 4.69) is 10.3 Å². The van der Waals surface area contributed by atoms with E-state index in [-0.39, 0.29) is 11.7 Å². The Morgan fingerprint density at radius 1 is 1.17 bits per heavy atom. The number of nitrogens with zero attached hydrogens (tertiary/aromatic N) is 2. The monoisotopic (exact) mass is 409 g/mol. The molecule has 1 aliphatic rings. The summed E-state index contributed by atoms with van der Waals surface area (Å²) in [6, 6.07) is 13.4. The van der Waals surface area contributed by atoms with Crippen LogP contribution in [0.5, 0.6) is 0 Å². The molecule has 1 saturated heterocycles. The minimum absolute atomic E-state index is 0.186. The number of anilines is 1. The molecule has 1 N–H and O–H groups in total. The Labute approximate surface area is 172 Å². The third kappa shape index (κ3) is 3.28. The molecule has 2 aromatic heterocycles. The van der Waals surface area contributed by atoms with Crippen molar-refractivity contribution in [2.45, 2.75) is 25.8 Å². The first-order valence-electron chi connectivity index (χ1n) is 9.66. The molecule has 0 bridgehead atoms. The summed E-state index contributed by atoms with van der Waals surface area (Å²) in [5, 5.41) is 4.76. The van der Waals surface area contributed by atoms with E-state index < -0.39 is 0 Å². The maximum Gasteiger partial charge on any atom is 0.354 e. The zero-order valence-corrected chi connectivity index (χ0v) is 16.7. The third-order valence-electron chi connectivity index (χ3n) is 5.28. The molecule has 1 aliphatic heterocycles. The molecule has 0 saturated carbocycles. The van der Waals surface area contributed by atoms with Gasteiger partial charge in [-0.15, -0.1) is 0 Å². The second-order valence-corrected chi connectivity index (χ2v) is 7.81. The molecule has 1 fully saturated rings. The first-order valence-corrected chi connectivity index (χ1v) is 10.0. The molecule has 148 valence electrons. The molecular weight excluding hydrogens is 390 g/mol. The second-order valence-electron chi connectivity index (χ2n) is 7.37. The molecule has 4 aromatic rings. The molecule has 0 unspecified atom stereocenters. The number of nitrogens with one attached hydrogen (secondary N) is 1. The van der Waals surface area contributed by atoms with E-state index >= 15 is 0 Å². The molecule has 29 heavy (non-hydrogen) atoms. The van der Waals surface area contributed by atoms with Crippen LogP contribution in [-0.2, 0) is 4.74 Å². The van der Waals surface area contributed by atoms with Crippen LogP contribution in [0.1, 0.15) is 18.4 Å². The van der Waals surface area contributed by atoms with Crippen molar-refractivity contribution in [1.82, 2.24) is 9.55 Å². The number of fused-ring (bicyclic) bond motifs is 3. The number of hydrogen-bond donors (Lipinski definition) is 1. The van der Waals surface area contributed by atoms with Gasteiger partial charge in [0, 0.05) is 29.7 Å². The first-order chi connectivity index (χ1) is 14.1. The highest BCUT2D eigenvalue weighted by Crippen LogP contribution is 2.34. The van der Waals surface area contributed by atoms with Gasteiger partial charge in [-0.2, -0.15) is 4.98 Å². The number of aryl methyl sites for hydroxylation is 1. The number of halogens is 1. The van der Waals surface area contributed by atoms with Gasteiger partial charge >= 0.3 is 5.69 Å². The summed E-state index contributed by atoms with van der Waals surface area (Å²) >= 11 is 6.26. The fourth-order valence-corrected chi connectivity index (χ4v) is 4.04. The second kappa shape index (κ2) is 7.21. The average molecular weight is 410 g/mol. The molecular formula is C22H20ClN3O3. The van der Waals surface area contributed by atoms with Crippen LogP contribution in [0.25, 0.3) is 27.8 Å². The predicted molar refractivity (Wildman–Crippen MR) is 114 cm³/mol. The van der Waals surface area contributed by atoms with Crippen molar-refractivity contribution in [1.29, 1.82) is 0 Å². The molecule has 0 spiro atoms. The minimum Gasteiger partial charge on any atom is -0.450 e. The van der Waals surface area contributed by atoms with E-state index in [0.29, 0.717) is 40.7 Å². The van der Waals surface area contributed by atoms with Gasteiger partial charge in [0.15, 0.2) is 11.4 Å². The molecule has 0 atom stereocenters. The average Bonchev–Trinajstić information content (AvgIpc) is 3.08. The summed E-state index contributed by atoms with van der Waals surface area (Å²) in [7, 11) is 0. The molecule has 0 radical (unpaired) electrons. The van der Waals surface area contributed by atoms with E-state index in [1.807, 2.05) is 43.3 Å². The highest BCUT2D eigenvalue weighted by atomic mass is 35.5. The van der Waals surface area contributed by atoms with Crippen LogP contribution >= 0.6 is 11.6 Å². The summed E-state index contributed by atoms with van der Waals surface area (Å²) < 4.78 is 13.2. The van der Waals surface area contributed by atoms with E-state index in [4.69, 9.17) is 20.8 Å². The highest BCUT2D eigenvalue weighted by Gasteiger charge is 2.22. The fraction of sp³-hybridized carbons (Fsp3) is 0.273. The van der Waals surface area contributed by atoms with Crippen LogP contribution in [0.2, 0.25) is 5.02 Å². The van der Waals surface area contributed by atoms with E-state index in [9.17, 15) is 4.79 Å². The van der Waals surface area contributed by atoms with Gasteiger partial charge in [-0.3, -0.25) is 4.57 Å². The van der Waals surface area contributed by atoms with Crippen molar-refractivity contribution < 1.29 is 9.15 Å². The summed E-state index contributed by atoms with van der Waals surface area (Å²) in [6.07, 6.45) is 1.71. The fourth-order valence-electron chi connectivity index (χ4n) is 3.87. The molecule has 6 nitrogen and oxygen atoms in total. The van der Waals surface area contributed by atoms with Gasteiger partial charge in [0.2, 0.25) is 0 Å². The van der Waals surface area contributed by atoms with Gasteiger partial charge < -0.3 is 14.5 Å². The molecule has 2 aromatic carbocycles. The van der Waals surface area contributed by atoms with Gasteiger partial charge in [-0.1, -0.05) is 23.7 Å². The molecule has 7 heteroatoms. The van der Waals surface area contributed by atoms with Crippen molar-refractivity contribution in [3.63, 3.8) is 0 Å². The third-order valence-corrected chi connectivity index (χ3v) is 5.52. The Hall–Kier alpha value is -2.83. The van der Waals surface area contributed by atoms with Gasteiger partial charge in [-0.05, 0) is 55.7 Å². The van der Waals surface area contributed by atoms with Crippen LogP contribution in [0.15, 0.2) is 51.7 Å². The Kier molecular flexibility index (Phi) is 4.53. The van der Waals surface area contributed by atoms with Gasteiger partial charge in [0.05, 0.1) is 5.69 Å². The Bertz CT molecular complexity index is 1270. The zero-order valence-electron chi connectivity index (χ0n) is 15.9. The normalized spacial score (nSPS) is 15.2. The number of furan rings is 1. The van der Waals surface area contributed by atoms with Crippen molar-refractivity contribution >= 4 is 39.5 Å². The lowest BCUT2D eigenvalue weighted by Crippen LogP contribution is -2.30. The van der Waals surface area contributed by atoms with Crippen LogP contribution in [0.4, 0.5) is 5.82 Å². The summed E-state index contributed by atoms with van der Waals surface area (Å²) in [5.41, 5.74) is 3.32. The quantitative estimate of drug-likeness (QED) is 0.531. The Morgan fingerprint density at radius 3 is 2.79 bits per heavy atom. The smallest absolute Gasteiger partial charge is 0.354 e. The standard InChI is InChI=1S/C22H20ClN3O3/c1-13-3-2-4-16(11-13)26-19-17-12-14(23)5-6-18(17)29-20(19)21(25-22(26)27)24-15-7-9-28-10-8-15/h2-6,11-12,15H,7-10H2,1H3,(H,24,25,27). The van der Waals surface area contributed by atoms with E-state index in [1.54, 1.807) is 10.6 Å². The number of ether oxygens (including phenoxy) is 1. The van der Waals surface area contributed by atoms with Crippen molar-refractivity contribution in [2.75, 3.05) is 18.5 Å². The van der Waals surface area contributed by atoms with Gasteiger partial charge in [-0.25, -0.2) is 4.79 Å². The minimum atomic E-state index is -0.361. The number of rotatable bonds is 3. The lowest BCUT2D eigenvalue weighted by atomic mass is 10.1. The largest absolute Gasteiger partial charge is 0.450 e. The summed E-state index contributed by atoms with van der Waals surface area (Å²) in [4.78, 5) is 17.5. The Balaban J connectivity index is 1.79. The molecule has 3 heterocycles. The SMILES string of the molecule is Cc1cccc(-n2c(=O)nc(NC3CCOCC3)c3oc4ccc(Cl)cc4c32)c1. The summed E-state index contributed by atoms with van der Waals surface area (Å²) in [6.45, 7) is 3.37. The van der Waals surface area contributed by atoms with Gasteiger partial charge in [0.25, 0.3) is 0 Å². The maximum atomic E-state index is 13.1. The first kappa shape index (κ1) is 18.2. The van der Waals surface area contributed by atoms with Gasteiger partial charge in [0.1, 0.15) is 11.1 Å². The predicted octanol–water partition coefficient (Wildman–Crippen LogP) is 4.68. The van der Waals surface area contributed by atoms with Crippen LogP contribution < -0.4 is 11.0 Å². The number of aromatic nitrogens is 2. The lowest BCUT2D eigenvalue weighted by Gasteiger charge is -2.23. The highest BCUT2D eigenvalue weighted by molar-refractivity contribution is 6.31. The maximum absolute atomic E-state index is 13.1. The van der Waals surface area contributed by atoms with Crippen LogP contribution in [-0.4, -0.2) is 28.8 Å². The Morgan fingerprint density at radius 2 is 2.00 bits per heavy atom. The van der Waals surface area contributed by atoms with E-state index in [1.165, 1.54) is 0 Å². The molecule has 5 rings (SSSR count). The topological polar surface area (TPSA) is 69.3 Å². The number of benzene rings is 2. The van der Waals surface area contributed by atoms with E-state index in [0.717, 1.165) is 29.5 Å². The molecule has 0 amide bonds.